The molecule has 1 saturated heterocycles. The van der Waals surface area contributed by atoms with Crippen LogP contribution in [-0.2, 0) is 15.2 Å². The fraction of sp³-hybridized carbons (Fsp3) is 0.650. The maximum Gasteiger partial charge on any atom is 0.191 e. The summed E-state index contributed by atoms with van der Waals surface area (Å²) in [4.78, 5) is 4.26. The lowest BCUT2D eigenvalue weighted by atomic mass is 10.1. The summed E-state index contributed by atoms with van der Waals surface area (Å²) in [6.45, 7) is 7.26. The lowest BCUT2D eigenvalue weighted by Gasteiger charge is -2.12. The fourth-order valence-corrected chi connectivity index (χ4v) is 3.50. The van der Waals surface area contributed by atoms with Gasteiger partial charge >= 0.3 is 0 Å². The van der Waals surface area contributed by atoms with Gasteiger partial charge < -0.3 is 20.1 Å². The zero-order chi connectivity index (χ0) is 18.5. The molecule has 1 aromatic carbocycles. The van der Waals surface area contributed by atoms with Crippen molar-refractivity contribution in [1.29, 1.82) is 0 Å². The van der Waals surface area contributed by atoms with Crippen LogP contribution in [0.5, 0.6) is 0 Å². The van der Waals surface area contributed by atoms with Gasteiger partial charge in [0.05, 0.1) is 13.2 Å². The van der Waals surface area contributed by atoms with Crippen molar-refractivity contribution in [1.82, 2.24) is 10.6 Å². The van der Waals surface area contributed by atoms with Gasteiger partial charge in [-0.05, 0) is 25.3 Å². The van der Waals surface area contributed by atoms with Crippen LogP contribution in [0.1, 0.15) is 24.0 Å². The van der Waals surface area contributed by atoms with Gasteiger partial charge in [0, 0.05) is 50.8 Å². The van der Waals surface area contributed by atoms with E-state index >= 15 is 0 Å². The molecule has 0 aromatic heterocycles. The van der Waals surface area contributed by atoms with Crippen molar-refractivity contribution in [2.75, 3.05) is 52.3 Å². The Hall–Kier alpha value is -0.510. The van der Waals surface area contributed by atoms with Gasteiger partial charge in [0.2, 0.25) is 0 Å². The number of ether oxygens (including phenoxy) is 2. The molecule has 1 aromatic rings. The Morgan fingerprint density at radius 2 is 2.04 bits per heavy atom. The van der Waals surface area contributed by atoms with E-state index < -0.39 is 0 Å². The molecule has 0 aliphatic carbocycles. The Labute approximate surface area is 185 Å². The Kier molecular flexibility index (Phi) is 14.0. The number of benzene rings is 1. The molecule has 1 aliphatic rings. The minimum absolute atomic E-state index is 0. The summed E-state index contributed by atoms with van der Waals surface area (Å²) in [5.41, 5.74) is 2.69. The van der Waals surface area contributed by atoms with E-state index in [9.17, 15) is 0 Å². The normalized spacial score (nSPS) is 16.8. The van der Waals surface area contributed by atoms with E-state index in [4.69, 9.17) is 9.47 Å². The van der Waals surface area contributed by atoms with E-state index in [1.807, 2.05) is 18.8 Å². The van der Waals surface area contributed by atoms with Crippen molar-refractivity contribution in [3.63, 3.8) is 0 Å². The lowest BCUT2D eigenvalue weighted by molar-refractivity contribution is 0.0888. The summed E-state index contributed by atoms with van der Waals surface area (Å²) in [5, 5.41) is 6.70. The summed E-state index contributed by atoms with van der Waals surface area (Å²) in [7, 11) is 1.81. The average Bonchev–Trinajstić information content (AvgIpc) is 3.17. The second-order valence-electron chi connectivity index (χ2n) is 6.62. The average molecular weight is 507 g/mol. The van der Waals surface area contributed by atoms with Gasteiger partial charge in [-0.2, -0.15) is 11.8 Å². The van der Waals surface area contributed by atoms with E-state index in [-0.39, 0.29) is 24.0 Å². The number of aryl methyl sites for hydroxylation is 1. The third-order valence-corrected chi connectivity index (χ3v) is 5.32. The minimum Gasteiger partial charge on any atom is -0.381 e. The highest BCUT2D eigenvalue weighted by Crippen LogP contribution is 2.13. The second kappa shape index (κ2) is 15.4. The summed E-state index contributed by atoms with van der Waals surface area (Å²) in [6.07, 6.45) is 2.12. The first-order valence-electron chi connectivity index (χ1n) is 9.51. The van der Waals surface area contributed by atoms with Crippen LogP contribution in [0.25, 0.3) is 0 Å². The van der Waals surface area contributed by atoms with Crippen LogP contribution < -0.4 is 10.6 Å². The molecule has 5 nitrogen and oxygen atoms in total. The van der Waals surface area contributed by atoms with Crippen LogP contribution in [0, 0.1) is 12.8 Å². The Bertz CT molecular complexity index is 522. The van der Waals surface area contributed by atoms with Gasteiger partial charge in [-0.15, -0.1) is 24.0 Å². The largest absolute Gasteiger partial charge is 0.381 e. The molecule has 1 atom stereocenters. The molecule has 0 bridgehead atoms. The highest BCUT2D eigenvalue weighted by molar-refractivity contribution is 14.0. The van der Waals surface area contributed by atoms with E-state index in [2.05, 4.69) is 46.8 Å². The first kappa shape index (κ1) is 24.5. The molecule has 2 N–H and O–H groups in total. The third kappa shape index (κ3) is 11.2. The lowest BCUT2D eigenvalue weighted by Crippen LogP contribution is -2.39. The molecular weight excluding hydrogens is 473 g/mol. The molecule has 27 heavy (non-hydrogen) atoms. The van der Waals surface area contributed by atoms with Gasteiger partial charge in [0.15, 0.2) is 5.96 Å². The van der Waals surface area contributed by atoms with E-state index in [0.717, 1.165) is 69.8 Å². The van der Waals surface area contributed by atoms with Crippen molar-refractivity contribution in [3.05, 3.63) is 35.4 Å². The number of hydrogen-bond donors (Lipinski definition) is 2. The molecule has 154 valence electrons. The third-order valence-electron chi connectivity index (χ3n) is 4.29. The van der Waals surface area contributed by atoms with E-state index in [0.29, 0.717) is 5.92 Å². The number of nitrogens with zero attached hydrogens (tertiary/aromatic N) is 1. The van der Waals surface area contributed by atoms with Crippen molar-refractivity contribution in [2.45, 2.75) is 25.5 Å². The summed E-state index contributed by atoms with van der Waals surface area (Å²) >= 11 is 1.94. The molecule has 7 heteroatoms. The van der Waals surface area contributed by atoms with Crippen LogP contribution in [0.4, 0.5) is 0 Å². The molecule has 0 spiro atoms. The molecule has 2 rings (SSSR count). The maximum absolute atomic E-state index is 5.71. The molecule has 1 aliphatic heterocycles. The highest BCUT2D eigenvalue weighted by Gasteiger charge is 2.15. The Morgan fingerprint density at radius 1 is 1.26 bits per heavy atom. The van der Waals surface area contributed by atoms with Gasteiger partial charge in [0.1, 0.15) is 0 Å². The van der Waals surface area contributed by atoms with Crippen molar-refractivity contribution < 1.29 is 9.47 Å². The molecule has 0 amide bonds. The SMILES string of the molecule is CN=C(NCCCOCC1CCOC1)NCCSCc1ccc(C)cc1.I. The number of hydrogen-bond acceptors (Lipinski definition) is 4. The smallest absolute Gasteiger partial charge is 0.191 e. The topological polar surface area (TPSA) is 54.9 Å². The number of halogens is 1. The van der Waals surface area contributed by atoms with Gasteiger partial charge in [-0.25, -0.2) is 0 Å². The van der Waals surface area contributed by atoms with Crippen LogP contribution >= 0.6 is 35.7 Å². The van der Waals surface area contributed by atoms with Crippen molar-refractivity contribution in [3.8, 4) is 0 Å². The molecule has 0 radical (unpaired) electrons. The number of nitrogens with one attached hydrogen (secondary N) is 2. The number of thioether (sulfide) groups is 1. The minimum atomic E-state index is 0. The molecule has 1 fully saturated rings. The maximum atomic E-state index is 5.71. The Morgan fingerprint density at radius 3 is 2.74 bits per heavy atom. The molecule has 1 unspecified atom stereocenters. The van der Waals surface area contributed by atoms with Crippen molar-refractivity contribution in [2.24, 2.45) is 10.9 Å². The zero-order valence-electron chi connectivity index (χ0n) is 16.5. The van der Waals surface area contributed by atoms with Crippen LogP contribution in [0.3, 0.4) is 0 Å². The highest BCUT2D eigenvalue weighted by atomic mass is 127. The molecular formula is C20H34IN3O2S. The number of rotatable bonds is 11. The zero-order valence-corrected chi connectivity index (χ0v) is 19.7. The fourth-order valence-electron chi connectivity index (χ4n) is 2.68. The van der Waals surface area contributed by atoms with Crippen molar-refractivity contribution >= 4 is 41.7 Å². The van der Waals surface area contributed by atoms with Crippen LogP contribution in [0.2, 0.25) is 0 Å². The van der Waals surface area contributed by atoms with Gasteiger partial charge in [0.25, 0.3) is 0 Å². The first-order valence-corrected chi connectivity index (χ1v) is 10.7. The first-order chi connectivity index (χ1) is 12.8. The predicted octanol–water partition coefficient (Wildman–Crippen LogP) is 3.45. The second-order valence-corrected chi connectivity index (χ2v) is 7.73. The molecule has 1 heterocycles. The van der Waals surface area contributed by atoms with Crippen LogP contribution in [0.15, 0.2) is 29.3 Å². The van der Waals surface area contributed by atoms with Crippen LogP contribution in [-0.4, -0.2) is 58.3 Å². The summed E-state index contributed by atoms with van der Waals surface area (Å²) in [5.74, 6) is 3.57. The number of aliphatic imine (C=N–C) groups is 1. The quantitative estimate of drug-likeness (QED) is 0.208. The summed E-state index contributed by atoms with van der Waals surface area (Å²) in [6, 6.07) is 8.76. The van der Waals surface area contributed by atoms with Gasteiger partial charge in [-0.3, -0.25) is 4.99 Å². The standard InChI is InChI=1S/C20H33N3O2S.HI/c1-17-4-6-18(7-5-17)16-26-13-10-23-20(21-2)22-9-3-11-24-14-19-8-12-25-15-19;/h4-7,19H,3,8-16H2,1-2H3,(H2,21,22,23);1H. The monoisotopic (exact) mass is 507 g/mol. The summed E-state index contributed by atoms with van der Waals surface area (Å²) < 4.78 is 11.1. The number of guanidine groups is 1. The molecule has 0 saturated carbocycles. The van der Waals surface area contributed by atoms with E-state index in [1.165, 1.54) is 11.1 Å². The van der Waals surface area contributed by atoms with Gasteiger partial charge in [-0.1, -0.05) is 29.8 Å². The van der Waals surface area contributed by atoms with E-state index in [1.54, 1.807) is 0 Å². The Balaban J connectivity index is 0.00000364. The predicted molar refractivity (Wildman–Crippen MR) is 126 cm³/mol.